The quantitative estimate of drug-likeness (QED) is 0.329. The Morgan fingerprint density at radius 1 is 1.44 bits per heavy atom. The van der Waals surface area contributed by atoms with E-state index in [1.54, 1.807) is 0 Å². The monoisotopic (exact) mass is 253 g/mol. The largest absolute Gasteiger partial charge is 0.451 e. The number of H-pyrrole nitrogens is 1. The fraction of sp³-hybridized carbons (Fsp3) is 0.556. The molecule has 6 N–H and O–H groups in total. The molecule has 0 amide bonds. The Balaban J connectivity index is 1.97. The van der Waals surface area contributed by atoms with Crippen LogP contribution in [-0.4, -0.2) is 40.3 Å². The number of nitrogens with one attached hydrogen (secondary N) is 2. The molecular formula is C9H16BN5O3. The molecule has 0 radical (unpaired) electrons. The van der Waals surface area contributed by atoms with E-state index in [-0.39, 0.29) is 11.5 Å². The topological polar surface area (TPSA) is 128 Å². The summed E-state index contributed by atoms with van der Waals surface area (Å²) in [7, 11) is -1.26. The molecule has 1 aliphatic heterocycles. The predicted octanol–water partition coefficient (Wildman–Crippen LogP) is -1.21. The van der Waals surface area contributed by atoms with Crippen LogP contribution in [-0.2, 0) is 0 Å². The van der Waals surface area contributed by atoms with Gasteiger partial charge in [-0.25, -0.2) is 0 Å². The van der Waals surface area contributed by atoms with Crippen molar-refractivity contribution in [3.05, 3.63) is 10.4 Å². The first-order valence-electron chi connectivity index (χ1n) is 5.82. The summed E-state index contributed by atoms with van der Waals surface area (Å²) in [4.78, 5) is 20.0. The minimum atomic E-state index is -1.26. The Bertz CT molecular complexity index is 478. The van der Waals surface area contributed by atoms with Gasteiger partial charge in [0.2, 0.25) is 5.95 Å². The molecule has 0 unspecified atom stereocenters. The number of rotatable bonds is 5. The molecule has 8 nitrogen and oxygen atoms in total. The van der Waals surface area contributed by atoms with E-state index in [4.69, 9.17) is 15.8 Å². The van der Waals surface area contributed by atoms with Gasteiger partial charge in [0.25, 0.3) is 5.56 Å². The third-order valence-electron chi connectivity index (χ3n) is 2.81. The van der Waals surface area contributed by atoms with Crippen molar-refractivity contribution in [1.82, 2.24) is 9.97 Å². The normalized spacial score (nSPS) is 13.3. The van der Waals surface area contributed by atoms with Gasteiger partial charge in [0.1, 0.15) is 5.69 Å². The van der Waals surface area contributed by atoms with E-state index >= 15 is 0 Å². The molecule has 0 saturated heterocycles. The van der Waals surface area contributed by atoms with Crippen molar-refractivity contribution in [2.75, 3.05) is 29.2 Å². The van der Waals surface area contributed by atoms with Crippen LogP contribution in [0.2, 0.25) is 6.32 Å². The number of aromatic nitrogens is 2. The van der Waals surface area contributed by atoms with E-state index in [9.17, 15) is 4.79 Å². The summed E-state index contributed by atoms with van der Waals surface area (Å²) < 4.78 is 0. The van der Waals surface area contributed by atoms with Crippen molar-refractivity contribution in [3.63, 3.8) is 0 Å². The second-order valence-electron chi connectivity index (χ2n) is 4.22. The SMILES string of the molecule is Nc1nc2c(c(=O)[nH]1)NCN2CCCCB(O)O. The van der Waals surface area contributed by atoms with Gasteiger partial charge in [-0.1, -0.05) is 6.42 Å². The van der Waals surface area contributed by atoms with Crippen LogP contribution in [0.15, 0.2) is 4.79 Å². The number of unbranched alkanes of at least 4 members (excludes halogenated alkanes) is 1. The Hall–Kier alpha value is -1.74. The molecule has 1 aliphatic rings. The predicted molar refractivity (Wildman–Crippen MR) is 69.3 cm³/mol. The summed E-state index contributed by atoms with van der Waals surface area (Å²) in [6.07, 6.45) is 1.83. The second kappa shape index (κ2) is 5.28. The average molecular weight is 253 g/mol. The van der Waals surface area contributed by atoms with Gasteiger partial charge in [0.15, 0.2) is 5.82 Å². The van der Waals surface area contributed by atoms with Gasteiger partial charge in [0.05, 0.1) is 6.67 Å². The lowest BCUT2D eigenvalue weighted by atomic mass is 9.84. The number of nitrogens with zero attached hydrogens (tertiary/aromatic N) is 2. The molecule has 2 heterocycles. The summed E-state index contributed by atoms with van der Waals surface area (Å²) in [5.74, 6) is 0.652. The molecule has 2 rings (SSSR count). The van der Waals surface area contributed by atoms with Crippen LogP contribution >= 0.6 is 0 Å². The average Bonchev–Trinajstić information content (AvgIpc) is 2.67. The van der Waals surface area contributed by atoms with Crippen molar-refractivity contribution in [3.8, 4) is 0 Å². The molecule has 0 aliphatic carbocycles. The highest BCUT2D eigenvalue weighted by Gasteiger charge is 2.23. The van der Waals surface area contributed by atoms with Crippen LogP contribution in [0.1, 0.15) is 12.8 Å². The van der Waals surface area contributed by atoms with Crippen molar-refractivity contribution >= 4 is 24.6 Å². The number of nitrogen functional groups attached to an aromatic ring is 1. The molecule has 0 fully saturated rings. The van der Waals surface area contributed by atoms with Crippen LogP contribution in [0.5, 0.6) is 0 Å². The van der Waals surface area contributed by atoms with E-state index in [0.717, 1.165) is 6.42 Å². The molecule has 9 heteroatoms. The van der Waals surface area contributed by atoms with Crippen LogP contribution in [0.4, 0.5) is 17.5 Å². The second-order valence-corrected chi connectivity index (χ2v) is 4.22. The lowest BCUT2D eigenvalue weighted by Gasteiger charge is -2.16. The van der Waals surface area contributed by atoms with E-state index in [2.05, 4.69) is 15.3 Å². The summed E-state index contributed by atoms with van der Waals surface area (Å²) in [5, 5.41) is 20.4. The maximum absolute atomic E-state index is 11.6. The molecule has 1 aromatic heterocycles. The number of anilines is 3. The van der Waals surface area contributed by atoms with Gasteiger partial charge in [-0.05, 0) is 12.7 Å². The molecular weight excluding hydrogens is 237 g/mol. The smallest absolute Gasteiger partial charge is 0.427 e. The summed E-state index contributed by atoms with van der Waals surface area (Å²) >= 11 is 0. The third kappa shape index (κ3) is 2.74. The van der Waals surface area contributed by atoms with Crippen molar-refractivity contribution in [2.45, 2.75) is 19.2 Å². The van der Waals surface area contributed by atoms with Crippen LogP contribution < -0.4 is 21.5 Å². The van der Waals surface area contributed by atoms with Crippen LogP contribution in [0.3, 0.4) is 0 Å². The van der Waals surface area contributed by atoms with Crippen LogP contribution in [0, 0.1) is 0 Å². The summed E-state index contributed by atoms with van der Waals surface area (Å²) in [5.41, 5.74) is 5.67. The zero-order valence-electron chi connectivity index (χ0n) is 9.89. The van der Waals surface area contributed by atoms with E-state index < -0.39 is 7.12 Å². The lowest BCUT2D eigenvalue weighted by molar-refractivity contribution is 0.402. The molecule has 98 valence electrons. The Kier molecular flexibility index (Phi) is 3.73. The fourth-order valence-electron chi connectivity index (χ4n) is 1.93. The highest BCUT2D eigenvalue weighted by molar-refractivity contribution is 6.40. The van der Waals surface area contributed by atoms with Crippen molar-refractivity contribution in [2.24, 2.45) is 0 Å². The number of aromatic amines is 1. The zero-order valence-corrected chi connectivity index (χ0v) is 9.89. The van der Waals surface area contributed by atoms with Crippen LogP contribution in [0.25, 0.3) is 0 Å². The van der Waals surface area contributed by atoms with E-state index in [1.165, 1.54) is 0 Å². The first-order valence-corrected chi connectivity index (χ1v) is 5.82. The lowest BCUT2D eigenvalue weighted by Crippen LogP contribution is -2.25. The number of nitrogens with two attached hydrogens (primary N) is 1. The fourth-order valence-corrected chi connectivity index (χ4v) is 1.93. The molecule has 1 aromatic rings. The first-order chi connectivity index (χ1) is 8.58. The third-order valence-corrected chi connectivity index (χ3v) is 2.81. The molecule has 18 heavy (non-hydrogen) atoms. The summed E-state index contributed by atoms with van der Waals surface area (Å²) in [6, 6.07) is 0. The van der Waals surface area contributed by atoms with Crippen molar-refractivity contribution < 1.29 is 10.0 Å². The number of hydrogen-bond acceptors (Lipinski definition) is 7. The van der Waals surface area contributed by atoms with Gasteiger partial charge >= 0.3 is 7.12 Å². The molecule has 0 bridgehead atoms. The number of fused-ring (bicyclic) bond motifs is 1. The molecule has 0 spiro atoms. The Morgan fingerprint density at radius 3 is 2.94 bits per heavy atom. The highest BCUT2D eigenvalue weighted by atomic mass is 16.4. The molecule has 0 atom stereocenters. The van der Waals surface area contributed by atoms with Gasteiger partial charge in [0, 0.05) is 6.54 Å². The minimum Gasteiger partial charge on any atom is -0.427 e. The van der Waals surface area contributed by atoms with Gasteiger partial charge in [-0.2, -0.15) is 4.98 Å². The first kappa shape index (κ1) is 12.7. The highest BCUT2D eigenvalue weighted by Crippen LogP contribution is 2.25. The van der Waals surface area contributed by atoms with E-state index in [0.29, 0.717) is 37.5 Å². The molecule has 0 aromatic carbocycles. The standard InChI is InChI=1S/C9H16BN5O3/c11-9-13-7-6(8(16)14-9)12-5-15(7)4-2-1-3-10(17)18/h12,17-18H,1-5H2,(H3,11,13,14,16). The minimum absolute atomic E-state index is 0.0956. The van der Waals surface area contributed by atoms with Gasteiger partial charge < -0.3 is 26.0 Å². The number of hydrogen-bond donors (Lipinski definition) is 5. The molecule has 0 saturated carbocycles. The van der Waals surface area contributed by atoms with Gasteiger partial charge in [-0.15, -0.1) is 0 Å². The zero-order chi connectivity index (χ0) is 13.1. The van der Waals surface area contributed by atoms with Gasteiger partial charge in [-0.3, -0.25) is 9.78 Å². The maximum Gasteiger partial charge on any atom is 0.451 e. The summed E-state index contributed by atoms with van der Waals surface area (Å²) in [6.45, 7) is 1.19. The van der Waals surface area contributed by atoms with Crippen molar-refractivity contribution in [1.29, 1.82) is 0 Å². The Morgan fingerprint density at radius 2 is 2.22 bits per heavy atom. The maximum atomic E-state index is 11.6. The van der Waals surface area contributed by atoms with E-state index in [1.807, 2.05) is 4.90 Å². The Labute approximate surface area is 104 Å².